The van der Waals surface area contributed by atoms with E-state index in [-0.39, 0.29) is 5.91 Å². The van der Waals surface area contributed by atoms with Gasteiger partial charge in [0.15, 0.2) is 5.82 Å². The van der Waals surface area contributed by atoms with Gasteiger partial charge in [-0.1, -0.05) is 0 Å². The molecule has 7 nitrogen and oxygen atoms in total. The molecular formula is C14H17N5O2. The van der Waals surface area contributed by atoms with Crippen molar-refractivity contribution < 1.29 is 9.53 Å². The number of amides is 1. The molecule has 110 valence electrons. The second kappa shape index (κ2) is 5.63. The van der Waals surface area contributed by atoms with Crippen molar-refractivity contribution in [3.8, 4) is 11.4 Å². The fourth-order valence-electron chi connectivity index (χ4n) is 2.27. The van der Waals surface area contributed by atoms with Gasteiger partial charge < -0.3 is 15.8 Å². The van der Waals surface area contributed by atoms with Crippen molar-refractivity contribution in [1.82, 2.24) is 15.2 Å². The van der Waals surface area contributed by atoms with E-state index in [9.17, 15) is 4.79 Å². The SMILES string of the molecule is NC1(C(=O)Nc2ccc(-c3ncn[nH]3)cc2)CCOCC1. The van der Waals surface area contributed by atoms with Gasteiger partial charge in [-0.15, -0.1) is 0 Å². The van der Waals surface area contributed by atoms with E-state index in [0.29, 0.717) is 37.6 Å². The quantitative estimate of drug-likeness (QED) is 0.778. The Morgan fingerprint density at radius 2 is 2.00 bits per heavy atom. The van der Waals surface area contributed by atoms with E-state index in [1.54, 1.807) is 0 Å². The number of rotatable bonds is 3. The number of ether oxygens (including phenoxy) is 1. The van der Waals surface area contributed by atoms with Gasteiger partial charge in [0.2, 0.25) is 5.91 Å². The lowest BCUT2D eigenvalue weighted by Crippen LogP contribution is -2.54. The van der Waals surface area contributed by atoms with Gasteiger partial charge in [0.25, 0.3) is 0 Å². The standard InChI is InChI=1S/C14H17N5O2/c15-14(5-7-21-8-6-14)13(20)18-11-3-1-10(2-4-11)12-16-9-17-19-12/h1-4,9H,5-8,15H2,(H,18,20)(H,16,17,19). The fourth-order valence-corrected chi connectivity index (χ4v) is 2.27. The van der Waals surface area contributed by atoms with Crippen LogP contribution in [0.3, 0.4) is 0 Å². The Morgan fingerprint density at radius 3 is 2.62 bits per heavy atom. The lowest BCUT2D eigenvalue weighted by atomic mass is 9.90. The normalized spacial score (nSPS) is 17.4. The first-order chi connectivity index (χ1) is 10.2. The van der Waals surface area contributed by atoms with Crippen LogP contribution in [0.4, 0.5) is 5.69 Å². The highest BCUT2D eigenvalue weighted by atomic mass is 16.5. The summed E-state index contributed by atoms with van der Waals surface area (Å²) in [5.41, 5.74) is 6.91. The topological polar surface area (TPSA) is 106 Å². The second-order valence-electron chi connectivity index (χ2n) is 5.13. The summed E-state index contributed by atoms with van der Waals surface area (Å²) in [6.45, 7) is 1.04. The minimum atomic E-state index is -0.845. The van der Waals surface area contributed by atoms with Crippen LogP contribution < -0.4 is 11.1 Å². The van der Waals surface area contributed by atoms with Crippen LogP contribution in [0.5, 0.6) is 0 Å². The minimum Gasteiger partial charge on any atom is -0.381 e. The number of hydrogen-bond donors (Lipinski definition) is 3. The van der Waals surface area contributed by atoms with Crippen molar-refractivity contribution in [2.75, 3.05) is 18.5 Å². The van der Waals surface area contributed by atoms with Crippen LogP contribution in [0.2, 0.25) is 0 Å². The monoisotopic (exact) mass is 287 g/mol. The van der Waals surface area contributed by atoms with Crippen LogP contribution in [0.25, 0.3) is 11.4 Å². The van der Waals surface area contributed by atoms with Gasteiger partial charge in [0.1, 0.15) is 11.9 Å². The summed E-state index contributed by atoms with van der Waals surface area (Å²) in [6, 6.07) is 7.36. The summed E-state index contributed by atoms with van der Waals surface area (Å²) in [4.78, 5) is 16.4. The smallest absolute Gasteiger partial charge is 0.244 e. The van der Waals surface area contributed by atoms with E-state index in [0.717, 1.165) is 5.56 Å². The number of aromatic amines is 1. The highest BCUT2D eigenvalue weighted by Crippen LogP contribution is 2.21. The Labute approximate surface area is 121 Å². The van der Waals surface area contributed by atoms with E-state index in [4.69, 9.17) is 10.5 Å². The van der Waals surface area contributed by atoms with E-state index in [1.807, 2.05) is 24.3 Å². The summed E-state index contributed by atoms with van der Waals surface area (Å²) in [5.74, 6) is 0.519. The zero-order valence-electron chi connectivity index (χ0n) is 11.5. The van der Waals surface area contributed by atoms with E-state index >= 15 is 0 Å². The van der Waals surface area contributed by atoms with Crippen LogP contribution in [0.15, 0.2) is 30.6 Å². The maximum Gasteiger partial charge on any atom is 0.244 e. The summed E-state index contributed by atoms with van der Waals surface area (Å²) < 4.78 is 5.25. The minimum absolute atomic E-state index is 0.168. The number of nitrogens with one attached hydrogen (secondary N) is 2. The number of nitrogens with zero attached hydrogens (tertiary/aromatic N) is 2. The molecule has 0 aliphatic carbocycles. The highest BCUT2D eigenvalue weighted by Gasteiger charge is 2.35. The Balaban J connectivity index is 1.69. The second-order valence-corrected chi connectivity index (χ2v) is 5.13. The first-order valence-electron chi connectivity index (χ1n) is 6.81. The van der Waals surface area contributed by atoms with Crippen LogP contribution in [0, 0.1) is 0 Å². The average Bonchev–Trinajstić information content (AvgIpc) is 3.03. The summed E-state index contributed by atoms with van der Waals surface area (Å²) in [6.07, 6.45) is 2.53. The van der Waals surface area contributed by atoms with Crippen LogP contribution in [-0.4, -0.2) is 39.8 Å². The van der Waals surface area contributed by atoms with E-state index in [2.05, 4.69) is 20.5 Å². The zero-order valence-corrected chi connectivity index (χ0v) is 11.5. The van der Waals surface area contributed by atoms with E-state index in [1.165, 1.54) is 6.33 Å². The van der Waals surface area contributed by atoms with Crippen molar-refractivity contribution >= 4 is 11.6 Å². The van der Waals surface area contributed by atoms with Gasteiger partial charge in [0.05, 0.1) is 0 Å². The largest absolute Gasteiger partial charge is 0.381 e. The molecule has 2 heterocycles. The Morgan fingerprint density at radius 1 is 1.29 bits per heavy atom. The number of carbonyl (C=O) groups excluding carboxylic acids is 1. The molecule has 0 bridgehead atoms. The summed E-state index contributed by atoms with van der Waals surface area (Å²) >= 11 is 0. The number of anilines is 1. The van der Waals surface area contributed by atoms with Crippen molar-refractivity contribution in [2.45, 2.75) is 18.4 Å². The molecule has 1 aromatic heterocycles. The van der Waals surface area contributed by atoms with Gasteiger partial charge in [0, 0.05) is 24.5 Å². The van der Waals surface area contributed by atoms with Gasteiger partial charge in [-0.05, 0) is 37.1 Å². The van der Waals surface area contributed by atoms with Gasteiger partial charge in [-0.3, -0.25) is 9.89 Å². The Hall–Kier alpha value is -2.25. The summed E-state index contributed by atoms with van der Waals surface area (Å²) in [5, 5.41) is 9.45. The lowest BCUT2D eigenvalue weighted by Gasteiger charge is -2.31. The maximum atomic E-state index is 12.3. The number of H-pyrrole nitrogens is 1. The zero-order chi connectivity index (χ0) is 14.7. The average molecular weight is 287 g/mol. The van der Waals surface area contributed by atoms with Gasteiger partial charge in [-0.2, -0.15) is 5.10 Å². The van der Waals surface area contributed by atoms with Crippen LogP contribution in [-0.2, 0) is 9.53 Å². The van der Waals surface area contributed by atoms with Crippen molar-refractivity contribution in [2.24, 2.45) is 5.73 Å². The van der Waals surface area contributed by atoms with Crippen LogP contribution >= 0.6 is 0 Å². The molecule has 4 N–H and O–H groups in total. The highest BCUT2D eigenvalue weighted by molar-refractivity contribution is 5.98. The molecule has 1 aliphatic heterocycles. The Kier molecular flexibility index (Phi) is 3.68. The molecule has 1 aromatic carbocycles. The number of carbonyl (C=O) groups is 1. The fraction of sp³-hybridized carbons (Fsp3) is 0.357. The van der Waals surface area contributed by atoms with E-state index < -0.39 is 5.54 Å². The molecule has 0 atom stereocenters. The lowest BCUT2D eigenvalue weighted by molar-refractivity contribution is -0.124. The first kappa shape index (κ1) is 13.7. The molecule has 0 unspecified atom stereocenters. The summed E-state index contributed by atoms with van der Waals surface area (Å²) in [7, 11) is 0. The number of hydrogen-bond acceptors (Lipinski definition) is 5. The van der Waals surface area contributed by atoms with Gasteiger partial charge in [-0.25, -0.2) is 4.98 Å². The maximum absolute atomic E-state index is 12.3. The predicted molar refractivity (Wildman–Crippen MR) is 77.4 cm³/mol. The number of nitrogens with two attached hydrogens (primary N) is 1. The molecule has 3 rings (SSSR count). The molecule has 1 saturated heterocycles. The molecule has 0 spiro atoms. The molecule has 1 aliphatic rings. The third-order valence-corrected chi connectivity index (χ3v) is 3.67. The number of benzene rings is 1. The third-order valence-electron chi connectivity index (χ3n) is 3.67. The molecule has 0 radical (unpaired) electrons. The molecule has 2 aromatic rings. The van der Waals surface area contributed by atoms with Crippen molar-refractivity contribution in [3.05, 3.63) is 30.6 Å². The van der Waals surface area contributed by atoms with Crippen molar-refractivity contribution in [1.29, 1.82) is 0 Å². The molecule has 21 heavy (non-hydrogen) atoms. The molecule has 0 saturated carbocycles. The first-order valence-corrected chi connectivity index (χ1v) is 6.81. The van der Waals surface area contributed by atoms with Gasteiger partial charge >= 0.3 is 0 Å². The Bertz CT molecular complexity index is 603. The molecule has 1 fully saturated rings. The number of aromatic nitrogens is 3. The van der Waals surface area contributed by atoms with Crippen molar-refractivity contribution in [3.63, 3.8) is 0 Å². The molecular weight excluding hydrogens is 270 g/mol. The molecule has 1 amide bonds. The predicted octanol–water partition coefficient (Wildman–Crippen LogP) is 0.918. The molecule has 7 heteroatoms. The van der Waals surface area contributed by atoms with Crippen LogP contribution in [0.1, 0.15) is 12.8 Å². The third kappa shape index (κ3) is 2.93.